The van der Waals surface area contributed by atoms with Crippen molar-refractivity contribution in [2.75, 3.05) is 19.5 Å². The average Bonchev–Trinajstić information content (AvgIpc) is 3.16. The minimum Gasteiger partial charge on any atom is -0.493 e. The van der Waals surface area contributed by atoms with Crippen LogP contribution in [0.1, 0.15) is 9.67 Å². The van der Waals surface area contributed by atoms with Crippen molar-refractivity contribution in [3.05, 3.63) is 52.9 Å². The average molecular weight is 341 g/mol. The van der Waals surface area contributed by atoms with Crippen LogP contribution in [0.25, 0.3) is 11.3 Å². The van der Waals surface area contributed by atoms with Gasteiger partial charge >= 0.3 is 0 Å². The van der Waals surface area contributed by atoms with Crippen LogP contribution in [0, 0.1) is 0 Å². The van der Waals surface area contributed by atoms with Crippen LogP contribution >= 0.6 is 11.3 Å². The Morgan fingerprint density at radius 3 is 2.67 bits per heavy atom. The second kappa shape index (κ2) is 7.10. The van der Waals surface area contributed by atoms with Crippen molar-refractivity contribution in [1.82, 2.24) is 9.97 Å². The Morgan fingerprint density at radius 2 is 1.96 bits per heavy atom. The molecule has 1 aromatic carbocycles. The van der Waals surface area contributed by atoms with Crippen molar-refractivity contribution in [2.45, 2.75) is 0 Å². The molecule has 0 aliphatic heterocycles. The molecule has 0 aliphatic rings. The molecule has 2 heterocycles. The standard InChI is InChI=1S/C17H15N3O3S/c1-22-13-6-5-11(10-14(13)23-2)12-7-8-18-17(19-12)20-16(21)15-4-3-9-24-15/h3-10H,1-2H3,(H,18,19,20,21). The molecule has 0 saturated carbocycles. The lowest BCUT2D eigenvalue weighted by atomic mass is 10.1. The van der Waals surface area contributed by atoms with E-state index < -0.39 is 0 Å². The van der Waals surface area contributed by atoms with Gasteiger partial charge in [-0.1, -0.05) is 6.07 Å². The third-order valence-electron chi connectivity index (χ3n) is 3.31. The van der Waals surface area contributed by atoms with Crippen LogP contribution in [0.3, 0.4) is 0 Å². The van der Waals surface area contributed by atoms with Crippen LogP contribution in [-0.4, -0.2) is 30.1 Å². The summed E-state index contributed by atoms with van der Waals surface area (Å²) in [6.07, 6.45) is 1.60. The minimum atomic E-state index is -0.227. The molecule has 7 heteroatoms. The number of carbonyl (C=O) groups excluding carboxylic acids is 1. The van der Waals surface area contributed by atoms with Gasteiger partial charge in [0.15, 0.2) is 11.5 Å². The first-order valence-electron chi connectivity index (χ1n) is 7.11. The lowest BCUT2D eigenvalue weighted by molar-refractivity contribution is 0.102. The van der Waals surface area contributed by atoms with Gasteiger partial charge in [-0.2, -0.15) is 0 Å². The van der Waals surface area contributed by atoms with E-state index in [0.29, 0.717) is 22.1 Å². The number of aromatic nitrogens is 2. The van der Waals surface area contributed by atoms with Gasteiger partial charge in [-0.3, -0.25) is 10.1 Å². The van der Waals surface area contributed by atoms with E-state index in [-0.39, 0.29) is 11.9 Å². The van der Waals surface area contributed by atoms with Crippen molar-refractivity contribution >= 4 is 23.2 Å². The van der Waals surface area contributed by atoms with E-state index in [9.17, 15) is 4.79 Å². The number of nitrogens with one attached hydrogen (secondary N) is 1. The van der Waals surface area contributed by atoms with Crippen molar-refractivity contribution in [3.63, 3.8) is 0 Å². The Labute approximate surface area is 143 Å². The molecule has 0 saturated heterocycles. The highest BCUT2D eigenvalue weighted by atomic mass is 32.1. The molecular formula is C17H15N3O3S. The highest BCUT2D eigenvalue weighted by molar-refractivity contribution is 7.12. The maximum absolute atomic E-state index is 12.1. The molecule has 3 rings (SSSR count). The summed E-state index contributed by atoms with van der Waals surface area (Å²) in [5.41, 5.74) is 1.51. The molecule has 6 nitrogen and oxygen atoms in total. The normalized spacial score (nSPS) is 10.2. The number of hydrogen-bond acceptors (Lipinski definition) is 6. The lowest BCUT2D eigenvalue weighted by Crippen LogP contribution is -2.12. The number of anilines is 1. The highest BCUT2D eigenvalue weighted by Crippen LogP contribution is 2.31. The van der Waals surface area contributed by atoms with Crippen LogP contribution in [0.2, 0.25) is 0 Å². The molecule has 1 amide bonds. The third-order valence-corrected chi connectivity index (χ3v) is 4.17. The second-order valence-electron chi connectivity index (χ2n) is 4.77. The first kappa shape index (κ1) is 15.9. The quantitative estimate of drug-likeness (QED) is 0.769. The number of benzene rings is 1. The summed E-state index contributed by atoms with van der Waals surface area (Å²) in [7, 11) is 3.16. The van der Waals surface area contributed by atoms with Gasteiger partial charge in [0, 0.05) is 11.8 Å². The molecule has 0 bridgehead atoms. The smallest absolute Gasteiger partial charge is 0.268 e. The van der Waals surface area contributed by atoms with E-state index in [4.69, 9.17) is 9.47 Å². The van der Waals surface area contributed by atoms with E-state index >= 15 is 0 Å². The van der Waals surface area contributed by atoms with Crippen LogP contribution < -0.4 is 14.8 Å². The van der Waals surface area contributed by atoms with Gasteiger partial charge < -0.3 is 9.47 Å². The van der Waals surface area contributed by atoms with Gasteiger partial charge in [-0.25, -0.2) is 9.97 Å². The van der Waals surface area contributed by atoms with Gasteiger partial charge in [-0.05, 0) is 35.7 Å². The summed E-state index contributed by atoms with van der Waals surface area (Å²) in [6.45, 7) is 0. The predicted octanol–water partition coefficient (Wildman–Crippen LogP) is 3.47. The van der Waals surface area contributed by atoms with Gasteiger partial charge in [0.25, 0.3) is 5.91 Å². The van der Waals surface area contributed by atoms with Crippen molar-refractivity contribution in [3.8, 4) is 22.8 Å². The fourth-order valence-electron chi connectivity index (χ4n) is 2.15. The summed E-state index contributed by atoms with van der Waals surface area (Å²) < 4.78 is 10.5. The van der Waals surface area contributed by atoms with E-state index in [1.165, 1.54) is 11.3 Å². The van der Waals surface area contributed by atoms with E-state index in [1.807, 2.05) is 23.6 Å². The van der Waals surface area contributed by atoms with Crippen LogP contribution in [0.5, 0.6) is 11.5 Å². The number of thiophene rings is 1. The first-order chi connectivity index (χ1) is 11.7. The summed E-state index contributed by atoms with van der Waals surface area (Å²) in [5.74, 6) is 1.27. The topological polar surface area (TPSA) is 73.3 Å². The largest absolute Gasteiger partial charge is 0.493 e. The molecule has 0 unspecified atom stereocenters. The molecule has 0 fully saturated rings. The Balaban J connectivity index is 1.86. The SMILES string of the molecule is COc1ccc(-c2ccnc(NC(=O)c3cccs3)n2)cc1OC. The van der Waals surface area contributed by atoms with Gasteiger partial charge in [0.1, 0.15) is 0 Å². The molecule has 122 valence electrons. The number of methoxy groups -OCH3 is 2. The zero-order valence-corrected chi connectivity index (χ0v) is 14.0. The van der Waals surface area contributed by atoms with Gasteiger partial charge in [0.2, 0.25) is 5.95 Å². The van der Waals surface area contributed by atoms with Crippen molar-refractivity contribution in [2.24, 2.45) is 0 Å². The number of hydrogen-bond donors (Lipinski definition) is 1. The number of nitrogens with zero attached hydrogens (tertiary/aromatic N) is 2. The first-order valence-corrected chi connectivity index (χ1v) is 7.99. The maximum atomic E-state index is 12.1. The fourth-order valence-corrected chi connectivity index (χ4v) is 2.77. The highest BCUT2D eigenvalue weighted by Gasteiger charge is 2.11. The molecular weight excluding hydrogens is 326 g/mol. The van der Waals surface area contributed by atoms with Crippen molar-refractivity contribution < 1.29 is 14.3 Å². The van der Waals surface area contributed by atoms with Crippen LogP contribution in [0.15, 0.2) is 48.0 Å². The fraction of sp³-hybridized carbons (Fsp3) is 0.118. The van der Waals surface area contributed by atoms with Crippen LogP contribution in [0.4, 0.5) is 5.95 Å². The molecule has 0 aliphatic carbocycles. The summed E-state index contributed by atoms with van der Waals surface area (Å²) in [5, 5.41) is 4.54. The Morgan fingerprint density at radius 1 is 1.12 bits per heavy atom. The molecule has 3 aromatic rings. The second-order valence-corrected chi connectivity index (χ2v) is 5.71. The predicted molar refractivity (Wildman–Crippen MR) is 92.8 cm³/mol. The number of ether oxygens (including phenoxy) is 2. The summed E-state index contributed by atoms with van der Waals surface area (Å²) >= 11 is 1.36. The van der Waals surface area contributed by atoms with E-state index in [1.54, 1.807) is 38.6 Å². The molecule has 24 heavy (non-hydrogen) atoms. The Hall–Kier alpha value is -2.93. The number of rotatable bonds is 5. The number of carbonyl (C=O) groups is 1. The zero-order valence-electron chi connectivity index (χ0n) is 13.1. The van der Waals surface area contributed by atoms with Crippen LogP contribution in [-0.2, 0) is 0 Å². The van der Waals surface area contributed by atoms with E-state index in [0.717, 1.165) is 5.56 Å². The zero-order chi connectivity index (χ0) is 16.9. The van der Waals surface area contributed by atoms with Crippen molar-refractivity contribution in [1.29, 1.82) is 0 Å². The lowest BCUT2D eigenvalue weighted by Gasteiger charge is -2.10. The minimum absolute atomic E-state index is 0.227. The third kappa shape index (κ3) is 3.36. The van der Waals surface area contributed by atoms with E-state index in [2.05, 4.69) is 15.3 Å². The number of amides is 1. The molecule has 0 spiro atoms. The molecule has 0 atom stereocenters. The Kier molecular flexibility index (Phi) is 4.72. The Bertz CT molecular complexity index is 850. The molecule has 2 aromatic heterocycles. The summed E-state index contributed by atoms with van der Waals surface area (Å²) in [4.78, 5) is 21.2. The summed E-state index contributed by atoms with van der Waals surface area (Å²) in [6, 6.07) is 10.8. The van der Waals surface area contributed by atoms with Gasteiger partial charge in [0.05, 0.1) is 24.8 Å². The maximum Gasteiger partial charge on any atom is 0.268 e. The molecule has 1 N–H and O–H groups in total. The molecule has 0 radical (unpaired) electrons. The van der Waals surface area contributed by atoms with Gasteiger partial charge in [-0.15, -0.1) is 11.3 Å². The monoisotopic (exact) mass is 341 g/mol.